The third kappa shape index (κ3) is 3.27. The average molecular weight is 297 g/mol. The Kier molecular flexibility index (Phi) is 4.39. The minimum absolute atomic E-state index is 0.0129. The molecule has 0 bridgehead atoms. The van der Waals surface area contributed by atoms with Crippen molar-refractivity contribution in [2.75, 3.05) is 7.11 Å². The second-order valence-corrected chi connectivity index (χ2v) is 6.63. The Morgan fingerprint density at radius 3 is 2.52 bits per heavy atom. The molecule has 118 valence electrons. The van der Waals surface area contributed by atoms with Crippen LogP contribution < -0.4 is 0 Å². The van der Waals surface area contributed by atoms with E-state index >= 15 is 0 Å². The smallest absolute Gasteiger partial charge is 0.358 e. The quantitative estimate of drug-likeness (QED) is 0.923. The molecular weight excluding hydrogens is 274 g/mol. The van der Waals surface area contributed by atoms with Crippen LogP contribution in [0.3, 0.4) is 0 Å². The molecule has 0 aliphatic carbocycles. The first-order valence-electron chi connectivity index (χ1n) is 7.11. The van der Waals surface area contributed by atoms with Crippen LogP contribution in [-0.2, 0) is 9.47 Å². The van der Waals surface area contributed by atoms with Crippen LogP contribution in [0.5, 0.6) is 0 Å². The molecule has 1 aromatic rings. The molecule has 21 heavy (non-hydrogen) atoms. The highest BCUT2D eigenvalue weighted by Gasteiger charge is 2.39. The first kappa shape index (κ1) is 16.0. The Balaban J connectivity index is 2.28. The van der Waals surface area contributed by atoms with Gasteiger partial charge in [0.15, 0.2) is 11.5 Å². The second-order valence-electron chi connectivity index (χ2n) is 6.63. The summed E-state index contributed by atoms with van der Waals surface area (Å²) in [5.74, 6) is -0.600. The van der Waals surface area contributed by atoms with Crippen molar-refractivity contribution in [3.05, 3.63) is 17.0 Å². The molecule has 1 N–H and O–H groups in total. The number of carboxylic acids is 1. The fourth-order valence-corrected chi connectivity index (χ4v) is 2.65. The Morgan fingerprint density at radius 1 is 1.38 bits per heavy atom. The zero-order valence-corrected chi connectivity index (χ0v) is 13.2. The van der Waals surface area contributed by atoms with Crippen molar-refractivity contribution < 1.29 is 23.9 Å². The van der Waals surface area contributed by atoms with Crippen LogP contribution in [0.4, 0.5) is 0 Å². The lowest BCUT2D eigenvalue weighted by molar-refractivity contribution is -0.150. The van der Waals surface area contributed by atoms with Gasteiger partial charge in [-0.05, 0) is 12.3 Å². The van der Waals surface area contributed by atoms with E-state index < -0.39 is 5.97 Å². The largest absolute Gasteiger partial charge is 0.476 e. The van der Waals surface area contributed by atoms with Crippen LogP contribution in [0.25, 0.3) is 0 Å². The minimum Gasteiger partial charge on any atom is -0.476 e. The fourth-order valence-electron chi connectivity index (χ4n) is 2.65. The molecule has 1 aromatic heterocycles. The van der Waals surface area contributed by atoms with Gasteiger partial charge >= 0.3 is 5.97 Å². The number of aromatic carboxylic acids is 1. The minimum atomic E-state index is -1.09. The highest BCUT2D eigenvalue weighted by molar-refractivity contribution is 5.87. The topological polar surface area (TPSA) is 81.8 Å². The molecule has 0 unspecified atom stereocenters. The Morgan fingerprint density at radius 2 is 2.05 bits per heavy atom. The summed E-state index contributed by atoms with van der Waals surface area (Å²) in [5, 5.41) is 12.7. The van der Waals surface area contributed by atoms with E-state index in [-0.39, 0.29) is 29.4 Å². The molecule has 1 aliphatic rings. The molecule has 0 spiro atoms. The van der Waals surface area contributed by atoms with E-state index in [4.69, 9.17) is 19.1 Å². The van der Waals surface area contributed by atoms with Gasteiger partial charge in [0, 0.05) is 25.5 Å². The Hall–Kier alpha value is -1.40. The van der Waals surface area contributed by atoms with Crippen LogP contribution in [0.1, 0.15) is 61.5 Å². The molecular formula is C15H23NO5. The maximum Gasteiger partial charge on any atom is 0.358 e. The molecule has 0 saturated carbocycles. The summed E-state index contributed by atoms with van der Waals surface area (Å²) in [7, 11) is 1.68. The summed E-state index contributed by atoms with van der Waals surface area (Å²) in [6.45, 7) is 8.04. The Labute approximate surface area is 124 Å². The first-order valence-corrected chi connectivity index (χ1v) is 7.11. The molecule has 2 heterocycles. The molecule has 1 aliphatic heterocycles. The van der Waals surface area contributed by atoms with Crippen molar-refractivity contribution in [3.8, 4) is 0 Å². The van der Waals surface area contributed by atoms with E-state index in [2.05, 4.69) is 25.9 Å². The van der Waals surface area contributed by atoms with Crippen molar-refractivity contribution in [1.82, 2.24) is 5.16 Å². The SMILES string of the molecule is CO[C@H]1C[C@@H](C(C)(C)C)O[C@@H](c2onc(C(=O)O)c2C)C1. The highest BCUT2D eigenvalue weighted by atomic mass is 16.5. The zero-order chi connectivity index (χ0) is 15.8. The van der Waals surface area contributed by atoms with Gasteiger partial charge in [-0.15, -0.1) is 0 Å². The number of rotatable bonds is 3. The number of carboxylic acid groups (broad SMARTS) is 1. The standard InChI is InChI=1S/C15H23NO5/c1-8-12(14(17)18)16-21-13(8)10-6-9(19-5)7-11(20-10)15(2,3)4/h9-11H,6-7H2,1-5H3,(H,17,18)/t9-,10-,11+/m1/s1. The average Bonchev–Trinajstić information content (AvgIpc) is 2.79. The lowest BCUT2D eigenvalue weighted by Gasteiger charge is -2.40. The van der Waals surface area contributed by atoms with Crippen molar-refractivity contribution in [1.29, 1.82) is 0 Å². The Bertz CT molecular complexity index is 517. The highest BCUT2D eigenvalue weighted by Crippen LogP contribution is 2.40. The van der Waals surface area contributed by atoms with Crippen LogP contribution in [-0.4, -0.2) is 35.6 Å². The summed E-state index contributed by atoms with van der Waals surface area (Å²) in [6, 6.07) is 0. The van der Waals surface area contributed by atoms with E-state index in [0.29, 0.717) is 17.7 Å². The van der Waals surface area contributed by atoms with Crippen molar-refractivity contribution in [2.45, 2.75) is 58.8 Å². The normalized spacial score (nSPS) is 26.8. The van der Waals surface area contributed by atoms with Gasteiger partial charge in [-0.2, -0.15) is 0 Å². The third-order valence-electron chi connectivity index (χ3n) is 4.04. The predicted molar refractivity (Wildman–Crippen MR) is 75.3 cm³/mol. The van der Waals surface area contributed by atoms with E-state index in [0.717, 1.165) is 6.42 Å². The van der Waals surface area contributed by atoms with Gasteiger partial charge in [0.2, 0.25) is 0 Å². The number of hydrogen-bond donors (Lipinski definition) is 1. The van der Waals surface area contributed by atoms with Crippen molar-refractivity contribution in [3.63, 3.8) is 0 Å². The zero-order valence-electron chi connectivity index (χ0n) is 13.2. The maximum absolute atomic E-state index is 11.1. The molecule has 0 radical (unpaired) electrons. The number of aromatic nitrogens is 1. The first-order chi connectivity index (χ1) is 9.74. The molecule has 0 amide bonds. The van der Waals surface area contributed by atoms with E-state index in [9.17, 15) is 4.79 Å². The van der Waals surface area contributed by atoms with Crippen LogP contribution in [0, 0.1) is 12.3 Å². The number of carbonyl (C=O) groups is 1. The van der Waals surface area contributed by atoms with E-state index in [1.54, 1.807) is 14.0 Å². The van der Waals surface area contributed by atoms with Gasteiger partial charge in [-0.1, -0.05) is 25.9 Å². The number of ether oxygens (including phenoxy) is 2. The van der Waals surface area contributed by atoms with Crippen molar-refractivity contribution in [2.24, 2.45) is 5.41 Å². The molecule has 2 rings (SSSR count). The molecule has 3 atom stereocenters. The van der Waals surface area contributed by atoms with E-state index in [1.165, 1.54) is 0 Å². The number of methoxy groups -OCH3 is 1. The van der Waals surface area contributed by atoms with Crippen LogP contribution in [0.15, 0.2) is 4.52 Å². The van der Waals surface area contributed by atoms with Crippen LogP contribution >= 0.6 is 0 Å². The molecule has 6 nitrogen and oxygen atoms in total. The lowest BCUT2D eigenvalue weighted by Crippen LogP contribution is -2.40. The van der Waals surface area contributed by atoms with Gasteiger partial charge in [0.1, 0.15) is 6.10 Å². The van der Waals surface area contributed by atoms with Gasteiger partial charge in [0.25, 0.3) is 0 Å². The summed E-state index contributed by atoms with van der Waals surface area (Å²) < 4.78 is 16.9. The molecule has 0 aromatic carbocycles. The molecule has 1 fully saturated rings. The van der Waals surface area contributed by atoms with E-state index in [1.807, 2.05) is 0 Å². The molecule has 1 saturated heterocycles. The summed E-state index contributed by atoms with van der Waals surface area (Å²) in [5.41, 5.74) is 0.441. The lowest BCUT2D eigenvalue weighted by atomic mass is 9.82. The van der Waals surface area contributed by atoms with Gasteiger partial charge in [-0.25, -0.2) is 4.79 Å². The summed E-state index contributed by atoms with van der Waals surface area (Å²) >= 11 is 0. The fraction of sp³-hybridized carbons (Fsp3) is 0.733. The third-order valence-corrected chi connectivity index (χ3v) is 4.04. The number of nitrogens with zero attached hydrogens (tertiary/aromatic N) is 1. The van der Waals surface area contributed by atoms with Gasteiger partial charge < -0.3 is 19.1 Å². The van der Waals surface area contributed by atoms with Gasteiger partial charge in [-0.3, -0.25) is 0 Å². The summed E-state index contributed by atoms with van der Waals surface area (Å²) in [4.78, 5) is 11.1. The number of hydrogen-bond acceptors (Lipinski definition) is 5. The van der Waals surface area contributed by atoms with Gasteiger partial charge in [0.05, 0.1) is 12.2 Å². The van der Waals surface area contributed by atoms with Crippen molar-refractivity contribution >= 4 is 5.97 Å². The second kappa shape index (κ2) is 5.77. The summed E-state index contributed by atoms with van der Waals surface area (Å²) in [6.07, 6.45) is 1.20. The van der Waals surface area contributed by atoms with Crippen LogP contribution in [0.2, 0.25) is 0 Å². The predicted octanol–water partition coefficient (Wildman–Crippen LogP) is 2.96. The maximum atomic E-state index is 11.1. The molecule has 6 heteroatoms. The monoisotopic (exact) mass is 297 g/mol.